The molecule has 2 heterocycles. The molecule has 0 saturated heterocycles. The molecule has 1 aromatic carbocycles. The molecule has 6 heteroatoms. The highest BCUT2D eigenvalue weighted by Gasteiger charge is 2.33. The lowest BCUT2D eigenvalue weighted by Crippen LogP contribution is -2.18. The van der Waals surface area contributed by atoms with Gasteiger partial charge in [-0.25, -0.2) is 9.97 Å². The lowest BCUT2D eigenvalue weighted by molar-refractivity contribution is 0.205. The molecule has 154 valence electrons. The van der Waals surface area contributed by atoms with Gasteiger partial charge in [-0.2, -0.15) is 10.2 Å². The van der Waals surface area contributed by atoms with Gasteiger partial charge in [-0.3, -0.25) is 0 Å². The highest BCUT2D eigenvalue weighted by molar-refractivity contribution is 5.87. The van der Waals surface area contributed by atoms with Crippen LogP contribution in [0.15, 0.2) is 24.5 Å². The van der Waals surface area contributed by atoms with E-state index in [1.54, 1.807) is 6.33 Å². The Morgan fingerprint density at radius 2 is 1.97 bits per heavy atom. The fraction of sp³-hybridized carbons (Fsp3) is 0.500. The molecule has 3 aromatic rings. The van der Waals surface area contributed by atoms with Gasteiger partial charge in [0.2, 0.25) is 5.82 Å². The van der Waals surface area contributed by atoms with Crippen molar-refractivity contribution in [2.24, 2.45) is 24.8 Å². The number of rotatable bonds is 5. The Bertz CT molecular complexity index is 1120. The summed E-state index contributed by atoms with van der Waals surface area (Å²) in [5.74, 6) is 3.86. The van der Waals surface area contributed by atoms with Crippen LogP contribution in [0.1, 0.15) is 49.9 Å². The van der Waals surface area contributed by atoms with E-state index in [4.69, 9.17) is 4.74 Å². The van der Waals surface area contributed by atoms with Gasteiger partial charge >= 0.3 is 0 Å². The first-order chi connectivity index (χ1) is 14.6. The summed E-state index contributed by atoms with van der Waals surface area (Å²) in [4.78, 5) is 13.1. The van der Waals surface area contributed by atoms with E-state index in [1.165, 1.54) is 32.1 Å². The molecule has 30 heavy (non-hydrogen) atoms. The fourth-order valence-corrected chi connectivity index (χ4v) is 5.43. The van der Waals surface area contributed by atoms with Gasteiger partial charge in [0, 0.05) is 12.6 Å². The Labute approximate surface area is 176 Å². The van der Waals surface area contributed by atoms with Crippen LogP contribution in [0.3, 0.4) is 0 Å². The van der Waals surface area contributed by atoms with E-state index in [2.05, 4.69) is 34.0 Å². The van der Waals surface area contributed by atoms with E-state index in [0.29, 0.717) is 16.9 Å². The third kappa shape index (κ3) is 3.54. The molecular weight excluding hydrogens is 374 g/mol. The number of ether oxygens (including phenoxy) is 1. The van der Waals surface area contributed by atoms with Crippen LogP contribution >= 0.6 is 0 Å². The maximum absolute atomic E-state index is 9.31. The molecule has 0 aliphatic heterocycles. The number of aromatic nitrogens is 4. The maximum Gasteiger partial charge on any atom is 0.234 e. The molecule has 2 unspecified atom stereocenters. The Morgan fingerprint density at radius 3 is 2.70 bits per heavy atom. The zero-order valence-corrected chi connectivity index (χ0v) is 17.6. The topological polar surface area (TPSA) is 76.6 Å². The van der Waals surface area contributed by atoms with Crippen molar-refractivity contribution in [1.29, 1.82) is 5.26 Å². The van der Waals surface area contributed by atoms with E-state index in [-0.39, 0.29) is 5.82 Å². The van der Waals surface area contributed by atoms with Crippen LogP contribution in [-0.2, 0) is 7.05 Å². The molecule has 0 spiro atoms. The van der Waals surface area contributed by atoms with Crippen LogP contribution in [0, 0.1) is 36.0 Å². The van der Waals surface area contributed by atoms with Crippen molar-refractivity contribution in [3.63, 3.8) is 0 Å². The molecule has 0 amide bonds. The summed E-state index contributed by atoms with van der Waals surface area (Å²) in [5.41, 5.74) is 4.04. The number of aryl methyl sites for hydroxylation is 2. The minimum atomic E-state index is 0.153. The van der Waals surface area contributed by atoms with Gasteiger partial charge in [0.25, 0.3) is 0 Å². The molecule has 2 atom stereocenters. The predicted molar refractivity (Wildman–Crippen MR) is 115 cm³/mol. The Balaban J connectivity index is 1.32. The van der Waals surface area contributed by atoms with Crippen molar-refractivity contribution in [3.8, 4) is 23.1 Å². The van der Waals surface area contributed by atoms with Crippen LogP contribution in [0.25, 0.3) is 22.4 Å². The summed E-state index contributed by atoms with van der Waals surface area (Å²) in [7, 11) is 1.87. The highest BCUT2D eigenvalue weighted by Crippen LogP contribution is 2.45. The monoisotopic (exact) mass is 401 g/mol. The Hall–Kier alpha value is -2.94. The first-order valence-corrected chi connectivity index (χ1v) is 10.9. The van der Waals surface area contributed by atoms with Crippen LogP contribution in [0.4, 0.5) is 0 Å². The average molecular weight is 402 g/mol. The molecule has 2 aliphatic rings. The molecule has 2 fully saturated rings. The number of imidazole rings is 1. The summed E-state index contributed by atoms with van der Waals surface area (Å²) < 4.78 is 7.96. The van der Waals surface area contributed by atoms with Crippen molar-refractivity contribution >= 4 is 11.2 Å². The van der Waals surface area contributed by atoms with Gasteiger partial charge in [0.05, 0.1) is 12.9 Å². The summed E-state index contributed by atoms with van der Waals surface area (Å²) in [6.07, 6.45) is 10.0. The molecule has 2 bridgehead atoms. The maximum atomic E-state index is 9.31. The third-order valence-corrected chi connectivity index (χ3v) is 6.87. The molecule has 5 rings (SSSR count). The molecule has 2 saturated carbocycles. The van der Waals surface area contributed by atoms with Crippen LogP contribution < -0.4 is 4.74 Å². The van der Waals surface area contributed by atoms with E-state index in [1.807, 2.05) is 23.7 Å². The number of nitriles is 1. The third-order valence-electron chi connectivity index (χ3n) is 6.87. The van der Waals surface area contributed by atoms with Gasteiger partial charge in [-0.15, -0.1) is 0 Å². The summed E-state index contributed by atoms with van der Waals surface area (Å²) in [5, 5.41) is 9.31. The Kier molecular flexibility index (Phi) is 4.90. The second-order valence-electron chi connectivity index (χ2n) is 9.04. The normalized spacial score (nSPS) is 22.9. The minimum Gasteiger partial charge on any atom is -0.493 e. The number of hydrogen-bond acceptors (Lipinski definition) is 5. The summed E-state index contributed by atoms with van der Waals surface area (Å²) in [6.45, 7) is 2.84. The van der Waals surface area contributed by atoms with Gasteiger partial charge in [-0.1, -0.05) is 12.8 Å². The minimum absolute atomic E-state index is 0.153. The molecule has 2 aliphatic carbocycles. The zero-order valence-electron chi connectivity index (χ0n) is 17.6. The SMILES string of the molecule is Cc1cc(-c2nc(C#N)nc3c2ncn3C)ccc1OCCC1CC2CCC(C1)C2. The van der Waals surface area contributed by atoms with Gasteiger partial charge in [0.1, 0.15) is 23.0 Å². The first kappa shape index (κ1) is 19.0. The van der Waals surface area contributed by atoms with Gasteiger partial charge < -0.3 is 9.30 Å². The van der Waals surface area contributed by atoms with Gasteiger partial charge in [-0.05, 0) is 74.1 Å². The fourth-order valence-electron chi connectivity index (χ4n) is 5.43. The Morgan fingerprint density at radius 1 is 1.17 bits per heavy atom. The number of fused-ring (bicyclic) bond motifs is 3. The van der Waals surface area contributed by atoms with E-state index in [0.717, 1.165) is 47.7 Å². The van der Waals surface area contributed by atoms with Crippen molar-refractivity contribution in [2.45, 2.75) is 45.4 Å². The molecular formula is C24H27N5O. The number of hydrogen-bond donors (Lipinski definition) is 0. The van der Waals surface area contributed by atoms with Crippen molar-refractivity contribution < 1.29 is 4.74 Å². The van der Waals surface area contributed by atoms with Crippen LogP contribution in [-0.4, -0.2) is 26.1 Å². The summed E-state index contributed by atoms with van der Waals surface area (Å²) >= 11 is 0. The quantitative estimate of drug-likeness (QED) is 0.613. The van der Waals surface area contributed by atoms with Crippen LogP contribution in [0.5, 0.6) is 5.75 Å². The summed E-state index contributed by atoms with van der Waals surface area (Å²) in [6, 6.07) is 8.13. The van der Waals surface area contributed by atoms with Crippen molar-refractivity contribution in [3.05, 3.63) is 35.9 Å². The smallest absolute Gasteiger partial charge is 0.234 e. The lowest BCUT2D eigenvalue weighted by Gasteiger charge is -2.27. The molecule has 0 radical (unpaired) electrons. The lowest BCUT2D eigenvalue weighted by atomic mass is 9.80. The number of benzene rings is 1. The molecule has 2 aromatic heterocycles. The zero-order chi connectivity index (χ0) is 20.7. The van der Waals surface area contributed by atoms with Crippen molar-refractivity contribution in [1.82, 2.24) is 19.5 Å². The van der Waals surface area contributed by atoms with E-state index >= 15 is 0 Å². The second kappa shape index (κ2) is 7.71. The average Bonchev–Trinajstić information content (AvgIpc) is 3.30. The number of nitrogens with zero attached hydrogens (tertiary/aromatic N) is 5. The van der Waals surface area contributed by atoms with Crippen LogP contribution in [0.2, 0.25) is 0 Å². The predicted octanol–water partition coefficient (Wildman–Crippen LogP) is 4.81. The standard InChI is InChI=1S/C24H27N5O/c1-15-9-19(22-23-24(29(2)14-26-23)28-21(13-25)27-22)5-6-20(15)30-8-7-18-11-16-3-4-17(10-16)12-18/h5-6,9,14,16-18H,3-4,7-8,10-12H2,1-2H3. The first-order valence-electron chi connectivity index (χ1n) is 10.9. The second-order valence-corrected chi connectivity index (χ2v) is 9.04. The van der Waals surface area contributed by atoms with E-state index in [9.17, 15) is 5.26 Å². The van der Waals surface area contributed by atoms with Crippen molar-refractivity contribution in [2.75, 3.05) is 6.61 Å². The van der Waals surface area contributed by atoms with Gasteiger partial charge in [0.15, 0.2) is 5.65 Å². The largest absolute Gasteiger partial charge is 0.493 e. The highest BCUT2D eigenvalue weighted by atomic mass is 16.5. The molecule has 0 N–H and O–H groups in total. The van der Waals surface area contributed by atoms with E-state index < -0.39 is 0 Å². The molecule has 6 nitrogen and oxygen atoms in total.